The van der Waals surface area contributed by atoms with Crippen LogP contribution in [0.5, 0.6) is 11.5 Å². The highest BCUT2D eigenvalue weighted by Gasteiger charge is 2.21. The first-order chi connectivity index (χ1) is 16.5. The predicted octanol–water partition coefficient (Wildman–Crippen LogP) is 5.47. The van der Waals surface area contributed by atoms with Crippen molar-refractivity contribution in [1.29, 1.82) is 0 Å². The number of halogens is 1. The highest BCUT2D eigenvalue weighted by Crippen LogP contribution is 2.34. The SMILES string of the molecule is COC(=O)Cc1[nH]n(-c2ccccc2)c(=O)c1C(C)=Nc1cc(Cl)ccc1Oc1ccccc1. The van der Waals surface area contributed by atoms with Gasteiger partial charge in [-0.3, -0.25) is 14.7 Å². The van der Waals surface area contributed by atoms with Crippen LogP contribution in [-0.2, 0) is 16.0 Å². The smallest absolute Gasteiger partial charge is 0.311 e. The van der Waals surface area contributed by atoms with Gasteiger partial charge in [0.15, 0.2) is 5.75 Å². The molecule has 4 aromatic rings. The van der Waals surface area contributed by atoms with Crippen LogP contribution >= 0.6 is 11.6 Å². The molecule has 0 saturated carbocycles. The molecule has 34 heavy (non-hydrogen) atoms. The molecule has 0 aliphatic carbocycles. The number of nitrogens with zero attached hydrogens (tertiary/aromatic N) is 2. The van der Waals surface area contributed by atoms with Crippen LogP contribution in [0.15, 0.2) is 88.6 Å². The lowest BCUT2D eigenvalue weighted by Crippen LogP contribution is -2.20. The number of esters is 1. The number of aromatic nitrogens is 2. The average molecular weight is 476 g/mol. The van der Waals surface area contributed by atoms with E-state index in [1.54, 1.807) is 37.3 Å². The highest BCUT2D eigenvalue weighted by atomic mass is 35.5. The molecule has 1 N–H and O–H groups in total. The molecule has 8 heteroatoms. The van der Waals surface area contributed by atoms with Crippen molar-refractivity contribution < 1.29 is 14.3 Å². The number of carbonyl (C=O) groups is 1. The van der Waals surface area contributed by atoms with E-state index in [9.17, 15) is 9.59 Å². The minimum Gasteiger partial charge on any atom is -0.469 e. The minimum absolute atomic E-state index is 0.114. The first-order valence-electron chi connectivity index (χ1n) is 10.5. The number of para-hydroxylation sites is 2. The fourth-order valence-corrected chi connectivity index (χ4v) is 3.64. The summed E-state index contributed by atoms with van der Waals surface area (Å²) in [6.45, 7) is 1.70. The van der Waals surface area contributed by atoms with E-state index < -0.39 is 5.97 Å². The van der Waals surface area contributed by atoms with Gasteiger partial charge in [0.2, 0.25) is 0 Å². The zero-order valence-electron chi connectivity index (χ0n) is 18.6. The number of carbonyl (C=O) groups excluding carboxylic acids is 1. The fourth-order valence-electron chi connectivity index (χ4n) is 3.48. The maximum Gasteiger partial charge on any atom is 0.311 e. The van der Waals surface area contributed by atoms with Gasteiger partial charge in [0.1, 0.15) is 11.4 Å². The molecule has 1 heterocycles. The summed E-state index contributed by atoms with van der Waals surface area (Å²) in [5.74, 6) is 0.633. The Balaban J connectivity index is 1.81. The van der Waals surface area contributed by atoms with Crippen LogP contribution < -0.4 is 10.3 Å². The topological polar surface area (TPSA) is 85.7 Å². The molecule has 0 spiro atoms. The molecule has 7 nitrogen and oxygen atoms in total. The summed E-state index contributed by atoms with van der Waals surface area (Å²) in [6, 6.07) is 23.4. The van der Waals surface area contributed by atoms with Crippen LogP contribution in [0.3, 0.4) is 0 Å². The Kier molecular flexibility index (Phi) is 6.94. The van der Waals surface area contributed by atoms with Gasteiger partial charge < -0.3 is 9.47 Å². The summed E-state index contributed by atoms with van der Waals surface area (Å²) in [6.07, 6.45) is -0.114. The van der Waals surface area contributed by atoms with Crippen LogP contribution in [0.1, 0.15) is 18.2 Å². The summed E-state index contributed by atoms with van der Waals surface area (Å²) in [4.78, 5) is 30.1. The van der Waals surface area contributed by atoms with Gasteiger partial charge in [0.25, 0.3) is 5.56 Å². The Labute approximate surface area is 201 Å². The molecule has 0 atom stereocenters. The van der Waals surface area contributed by atoms with Gasteiger partial charge in [-0.25, -0.2) is 9.67 Å². The zero-order valence-corrected chi connectivity index (χ0v) is 19.4. The number of H-pyrrole nitrogens is 1. The first kappa shape index (κ1) is 23.1. The minimum atomic E-state index is -0.480. The molecule has 4 rings (SSSR count). The maximum atomic E-state index is 13.4. The molecule has 0 aliphatic heterocycles. The Morgan fingerprint density at radius 2 is 1.71 bits per heavy atom. The third-order valence-electron chi connectivity index (χ3n) is 5.07. The third kappa shape index (κ3) is 5.10. The molecule has 0 fully saturated rings. The maximum absolute atomic E-state index is 13.4. The number of hydrogen-bond donors (Lipinski definition) is 1. The normalized spacial score (nSPS) is 11.3. The van der Waals surface area contributed by atoms with Crippen molar-refractivity contribution in [3.63, 3.8) is 0 Å². The first-order valence-corrected chi connectivity index (χ1v) is 10.9. The Morgan fingerprint density at radius 3 is 2.38 bits per heavy atom. The van der Waals surface area contributed by atoms with Gasteiger partial charge in [-0.05, 0) is 49.4 Å². The van der Waals surface area contributed by atoms with Crippen LogP contribution in [0.25, 0.3) is 5.69 Å². The average Bonchev–Trinajstić information content (AvgIpc) is 3.17. The van der Waals surface area contributed by atoms with Crippen LogP contribution in [-0.4, -0.2) is 28.6 Å². The predicted molar refractivity (Wildman–Crippen MR) is 132 cm³/mol. The van der Waals surface area contributed by atoms with Gasteiger partial charge in [-0.2, -0.15) is 0 Å². The third-order valence-corrected chi connectivity index (χ3v) is 5.31. The Bertz CT molecular complexity index is 1390. The second-order valence-electron chi connectivity index (χ2n) is 7.42. The van der Waals surface area contributed by atoms with E-state index in [4.69, 9.17) is 21.1 Å². The van der Waals surface area contributed by atoms with E-state index in [0.29, 0.717) is 39.3 Å². The van der Waals surface area contributed by atoms with Gasteiger partial charge in [-0.1, -0.05) is 48.0 Å². The van der Waals surface area contributed by atoms with E-state index in [-0.39, 0.29) is 17.5 Å². The molecule has 1 aromatic heterocycles. The van der Waals surface area contributed by atoms with E-state index in [0.717, 1.165) is 0 Å². The van der Waals surface area contributed by atoms with Gasteiger partial charge in [0.05, 0.1) is 36.2 Å². The van der Waals surface area contributed by atoms with E-state index >= 15 is 0 Å². The van der Waals surface area contributed by atoms with Crippen molar-refractivity contribution in [2.45, 2.75) is 13.3 Å². The van der Waals surface area contributed by atoms with Crippen molar-refractivity contribution in [2.24, 2.45) is 4.99 Å². The molecule has 0 bridgehead atoms. The summed E-state index contributed by atoms with van der Waals surface area (Å²) in [5.41, 5.74) is 1.82. The molecule has 3 aromatic carbocycles. The molecular weight excluding hydrogens is 454 g/mol. The number of hydrogen-bond acceptors (Lipinski definition) is 5. The number of methoxy groups -OCH3 is 1. The van der Waals surface area contributed by atoms with Crippen molar-refractivity contribution in [3.05, 3.63) is 105 Å². The number of aliphatic imine (C=N–C) groups is 1. The molecule has 0 radical (unpaired) electrons. The Hall–Kier alpha value is -4.10. The fraction of sp³-hybridized carbons (Fsp3) is 0.115. The largest absolute Gasteiger partial charge is 0.469 e. The number of ether oxygens (including phenoxy) is 2. The van der Waals surface area contributed by atoms with Crippen molar-refractivity contribution in [3.8, 4) is 17.2 Å². The van der Waals surface area contributed by atoms with Crippen molar-refractivity contribution in [2.75, 3.05) is 7.11 Å². The van der Waals surface area contributed by atoms with Gasteiger partial charge in [-0.15, -0.1) is 0 Å². The molecule has 0 aliphatic rings. The summed E-state index contributed by atoms with van der Waals surface area (Å²) >= 11 is 6.23. The lowest BCUT2D eigenvalue weighted by molar-refractivity contribution is -0.139. The quantitative estimate of drug-likeness (QED) is 0.284. The second-order valence-corrected chi connectivity index (χ2v) is 7.86. The summed E-state index contributed by atoms with van der Waals surface area (Å²) in [5, 5.41) is 3.50. The van der Waals surface area contributed by atoms with Gasteiger partial charge in [0, 0.05) is 5.02 Å². The molecule has 0 amide bonds. The zero-order chi connectivity index (χ0) is 24.1. The standard InChI is InChI=1S/C26H22ClN3O4/c1-17(28-21-15-18(27)13-14-23(21)34-20-11-7-4-8-12-20)25-22(16-24(31)33-2)29-30(26(25)32)19-9-5-3-6-10-19/h3-15,29H,16H2,1-2H3. The number of benzene rings is 3. The lowest BCUT2D eigenvalue weighted by atomic mass is 10.1. The number of rotatable bonds is 7. The van der Waals surface area contributed by atoms with Crippen LogP contribution in [0.2, 0.25) is 5.02 Å². The summed E-state index contributed by atoms with van der Waals surface area (Å²) < 4.78 is 12.2. The molecule has 172 valence electrons. The van der Waals surface area contributed by atoms with E-state index in [1.165, 1.54) is 11.8 Å². The van der Waals surface area contributed by atoms with Crippen LogP contribution in [0, 0.1) is 0 Å². The Morgan fingerprint density at radius 1 is 1.03 bits per heavy atom. The lowest BCUT2D eigenvalue weighted by Gasteiger charge is -2.10. The number of aromatic amines is 1. The van der Waals surface area contributed by atoms with Crippen LogP contribution in [0.4, 0.5) is 5.69 Å². The van der Waals surface area contributed by atoms with E-state index in [2.05, 4.69) is 10.1 Å². The highest BCUT2D eigenvalue weighted by molar-refractivity contribution is 6.31. The molecule has 0 saturated heterocycles. The number of nitrogens with one attached hydrogen (secondary N) is 1. The van der Waals surface area contributed by atoms with Gasteiger partial charge >= 0.3 is 5.97 Å². The van der Waals surface area contributed by atoms with E-state index in [1.807, 2.05) is 48.5 Å². The monoisotopic (exact) mass is 475 g/mol. The van der Waals surface area contributed by atoms with Crippen molar-refractivity contribution >= 4 is 29.0 Å². The van der Waals surface area contributed by atoms with Crippen molar-refractivity contribution in [1.82, 2.24) is 9.78 Å². The summed E-state index contributed by atoms with van der Waals surface area (Å²) in [7, 11) is 1.30. The molecule has 0 unspecified atom stereocenters. The second kappa shape index (κ2) is 10.2. The molecular formula is C26H22ClN3O4.